The van der Waals surface area contributed by atoms with E-state index in [0.29, 0.717) is 0 Å². The molecule has 2 N–H and O–H groups in total. The van der Waals surface area contributed by atoms with Gasteiger partial charge in [0.15, 0.2) is 0 Å². The summed E-state index contributed by atoms with van der Waals surface area (Å²) < 4.78 is 0. The van der Waals surface area contributed by atoms with E-state index in [4.69, 9.17) is 4.89 Å². The van der Waals surface area contributed by atoms with Gasteiger partial charge in [-0.25, -0.2) is 4.89 Å². The van der Waals surface area contributed by atoms with Crippen LogP contribution in [0.2, 0.25) is 0 Å². The van der Waals surface area contributed by atoms with Crippen LogP contribution >= 0.6 is 0 Å². The van der Waals surface area contributed by atoms with Crippen molar-refractivity contribution in [3.63, 3.8) is 0 Å². The maximum Gasteiger partial charge on any atom is 0.128 e. The van der Waals surface area contributed by atoms with Crippen molar-refractivity contribution in [2.24, 2.45) is 0 Å². The molecular weight excluding hydrogens is 276 g/mol. The fourth-order valence-corrected chi connectivity index (χ4v) is 3.00. The van der Waals surface area contributed by atoms with Crippen molar-refractivity contribution in [1.29, 1.82) is 0 Å². The molecule has 0 fully saturated rings. The van der Waals surface area contributed by atoms with Crippen molar-refractivity contribution in [3.05, 3.63) is 29.8 Å². The molecule has 3 heteroatoms. The lowest BCUT2D eigenvalue weighted by Gasteiger charge is -2.31. The molecule has 0 heterocycles. The molecule has 0 unspecified atom stereocenters. The number of phenols is 1. The molecule has 22 heavy (non-hydrogen) atoms. The highest BCUT2D eigenvalue weighted by molar-refractivity contribution is 5.30. The Hall–Kier alpha value is -1.06. The van der Waals surface area contributed by atoms with Crippen LogP contribution in [0.4, 0.5) is 0 Å². The second-order valence-electron chi connectivity index (χ2n) is 6.25. The van der Waals surface area contributed by atoms with Gasteiger partial charge < -0.3 is 5.11 Å². The molecule has 0 radical (unpaired) electrons. The smallest absolute Gasteiger partial charge is 0.128 e. The molecule has 1 aromatic carbocycles. The van der Waals surface area contributed by atoms with Gasteiger partial charge in [0.25, 0.3) is 0 Å². The standard InChI is InChI=1S/C19H32O3/c1-3-5-7-9-15-19(22-21,16-10-8-6-4-2)17-11-13-18(20)14-12-17/h11-14,20-21H,3-10,15-16H2,1-2H3. The topological polar surface area (TPSA) is 49.7 Å². The Morgan fingerprint density at radius 3 is 1.73 bits per heavy atom. The van der Waals surface area contributed by atoms with Gasteiger partial charge in [-0.15, -0.1) is 0 Å². The first-order chi connectivity index (χ1) is 10.7. The fourth-order valence-electron chi connectivity index (χ4n) is 3.00. The van der Waals surface area contributed by atoms with E-state index >= 15 is 0 Å². The van der Waals surface area contributed by atoms with Gasteiger partial charge in [-0.3, -0.25) is 5.26 Å². The number of hydrogen-bond donors (Lipinski definition) is 2. The Bertz CT molecular complexity index is 374. The lowest BCUT2D eigenvalue weighted by Crippen LogP contribution is -2.29. The van der Waals surface area contributed by atoms with Gasteiger partial charge in [-0.1, -0.05) is 77.3 Å². The number of aromatic hydroxyl groups is 1. The zero-order chi connectivity index (χ0) is 16.3. The molecule has 0 aliphatic heterocycles. The van der Waals surface area contributed by atoms with E-state index in [1.807, 2.05) is 12.1 Å². The molecule has 126 valence electrons. The van der Waals surface area contributed by atoms with Crippen LogP contribution in [-0.2, 0) is 10.5 Å². The van der Waals surface area contributed by atoms with Crippen LogP contribution in [0, 0.1) is 0 Å². The Kier molecular flexibility index (Phi) is 9.17. The van der Waals surface area contributed by atoms with E-state index in [9.17, 15) is 10.4 Å². The first-order valence-electron chi connectivity index (χ1n) is 8.80. The number of phenolic OH excluding ortho intramolecular Hbond substituents is 1. The number of unbranched alkanes of at least 4 members (excludes halogenated alkanes) is 6. The fraction of sp³-hybridized carbons (Fsp3) is 0.684. The summed E-state index contributed by atoms with van der Waals surface area (Å²) in [6, 6.07) is 7.07. The SMILES string of the molecule is CCCCCCC(CCCCCC)(OO)c1ccc(O)cc1. The summed E-state index contributed by atoms with van der Waals surface area (Å²) in [6.07, 6.45) is 10.9. The minimum absolute atomic E-state index is 0.243. The van der Waals surface area contributed by atoms with E-state index in [1.165, 1.54) is 25.7 Å². The van der Waals surface area contributed by atoms with Crippen molar-refractivity contribution >= 4 is 0 Å². The molecule has 0 amide bonds. The molecule has 0 saturated carbocycles. The highest BCUT2D eigenvalue weighted by Gasteiger charge is 2.33. The second kappa shape index (κ2) is 10.6. The van der Waals surface area contributed by atoms with Crippen LogP contribution in [0.5, 0.6) is 5.75 Å². The maximum absolute atomic E-state index is 9.65. The van der Waals surface area contributed by atoms with Crippen LogP contribution in [0.15, 0.2) is 24.3 Å². The molecule has 0 atom stereocenters. The van der Waals surface area contributed by atoms with Gasteiger partial charge in [-0.05, 0) is 30.5 Å². The van der Waals surface area contributed by atoms with Crippen molar-refractivity contribution in [2.75, 3.05) is 0 Å². The first kappa shape index (κ1) is 19.0. The largest absolute Gasteiger partial charge is 0.508 e. The molecule has 1 rings (SSSR count). The van der Waals surface area contributed by atoms with Gasteiger partial charge in [-0.2, -0.15) is 0 Å². The minimum atomic E-state index is -0.630. The summed E-state index contributed by atoms with van der Waals surface area (Å²) in [4.78, 5) is 5.04. The number of rotatable bonds is 12. The van der Waals surface area contributed by atoms with Gasteiger partial charge in [0, 0.05) is 0 Å². The minimum Gasteiger partial charge on any atom is -0.508 e. The lowest BCUT2D eigenvalue weighted by molar-refractivity contribution is -0.334. The number of benzene rings is 1. The van der Waals surface area contributed by atoms with E-state index in [-0.39, 0.29) is 5.75 Å². The molecule has 0 bridgehead atoms. The Morgan fingerprint density at radius 1 is 0.818 bits per heavy atom. The Morgan fingerprint density at radius 2 is 1.32 bits per heavy atom. The molecule has 1 aromatic rings. The van der Waals surface area contributed by atoms with E-state index in [0.717, 1.165) is 44.1 Å². The average molecular weight is 308 g/mol. The van der Waals surface area contributed by atoms with Gasteiger partial charge >= 0.3 is 0 Å². The van der Waals surface area contributed by atoms with Crippen LogP contribution in [0.1, 0.15) is 83.6 Å². The van der Waals surface area contributed by atoms with Crippen molar-refractivity contribution < 1.29 is 15.3 Å². The zero-order valence-electron chi connectivity index (χ0n) is 14.2. The van der Waals surface area contributed by atoms with Crippen LogP contribution in [0.25, 0.3) is 0 Å². The number of hydrogen-bond acceptors (Lipinski definition) is 3. The third kappa shape index (κ3) is 5.98. The molecule has 0 aromatic heterocycles. The summed E-state index contributed by atoms with van der Waals surface area (Å²) in [5, 5.41) is 19.1. The van der Waals surface area contributed by atoms with Crippen molar-refractivity contribution in [2.45, 2.75) is 83.7 Å². The van der Waals surface area contributed by atoms with E-state index in [2.05, 4.69) is 13.8 Å². The first-order valence-corrected chi connectivity index (χ1v) is 8.80. The van der Waals surface area contributed by atoms with Crippen LogP contribution in [-0.4, -0.2) is 10.4 Å². The summed E-state index contributed by atoms with van der Waals surface area (Å²) in [6.45, 7) is 4.39. The Labute approximate surface area is 135 Å². The van der Waals surface area contributed by atoms with Gasteiger partial charge in [0.05, 0.1) is 0 Å². The van der Waals surface area contributed by atoms with Crippen molar-refractivity contribution in [1.82, 2.24) is 0 Å². The quantitative estimate of drug-likeness (QED) is 0.282. The molecule has 0 saturated heterocycles. The molecule has 0 aliphatic carbocycles. The third-order valence-electron chi connectivity index (χ3n) is 4.44. The predicted molar refractivity (Wildman–Crippen MR) is 91.0 cm³/mol. The maximum atomic E-state index is 9.65. The average Bonchev–Trinajstić information content (AvgIpc) is 2.54. The van der Waals surface area contributed by atoms with Crippen molar-refractivity contribution in [3.8, 4) is 5.75 Å². The van der Waals surface area contributed by atoms with Crippen LogP contribution in [0.3, 0.4) is 0 Å². The van der Waals surface area contributed by atoms with E-state index in [1.54, 1.807) is 12.1 Å². The summed E-state index contributed by atoms with van der Waals surface area (Å²) in [7, 11) is 0. The summed E-state index contributed by atoms with van der Waals surface area (Å²) >= 11 is 0. The highest BCUT2D eigenvalue weighted by atomic mass is 17.1. The zero-order valence-corrected chi connectivity index (χ0v) is 14.2. The monoisotopic (exact) mass is 308 g/mol. The summed E-state index contributed by atoms with van der Waals surface area (Å²) in [5.41, 5.74) is 0.329. The van der Waals surface area contributed by atoms with Gasteiger partial charge in [0.1, 0.15) is 11.4 Å². The third-order valence-corrected chi connectivity index (χ3v) is 4.44. The molecular formula is C19H32O3. The van der Waals surface area contributed by atoms with Gasteiger partial charge in [0.2, 0.25) is 0 Å². The lowest BCUT2D eigenvalue weighted by atomic mass is 9.83. The predicted octanol–water partition coefficient (Wildman–Crippen LogP) is 6.02. The molecule has 3 nitrogen and oxygen atoms in total. The van der Waals surface area contributed by atoms with Crippen LogP contribution < -0.4 is 0 Å². The normalized spacial score (nSPS) is 11.8. The summed E-state index contributed by atoms with van der Waals surface area (Å²) in [5.74, 6) is 0.243. The van der Waals surface area contributed by atoms with E-state index < -0.39 is 5.60 Å². The molecule has 0 spiro atoms. The Balaban J connectivity index is 2.77. The highest BCUT2D eigenvalue weighted by Crippen LogP contribution is 2.37. The molecule has 0 aliphatic rings. The second-order valence-corrected chi connectivity index (χ2v) is 6.25.